The average Bonchev–Trinajstić information content (AvgIpc) is 1.81. The second-order valence-corrected chi connectivity index (χ2v) is 3.60. The zero-order valence-corrected chi connectivity index (χ0v) is 6.77. The van der Waals surface area contributed by atoms with Gasteiger partial charge in [-0.15, -0.1) is 0 Å². The Morgan fingerprint density at radius 2 is 2.00 bits per heavy atom. The van der Waals surface area contributed by atoms with E-state index in [1.807, 2.05) is 0 Å². The molecule has 3 heteroatoms. The van der Waals surface area contributed by atoms with Crippen LogP contribution in [0.25, 0.3) is 0 Å². The topological polar surface area (TPSA) is 49.3 Å². The van der Waals surface area contributed by atoms with Gasteiger partial charge in [0.1, 0.15) is 0 Å². The first-order valence-electron chi connectivity index (χ1n) is 3.38. The highest BCUT2D eigenvalue weighted by atomic mass is 16.5. The van der Waals surface area contributed by atoms with E-state index in [1.165, 1.54) is 0 Å². The summed E-state index contributed by atoms with van der Waals surface area (Å²) in [6.45, 7) is 6.16. The van der Waals surface area contributed by atoms with Gasteiger partial charge in [-0.25, -0.2) is 5.48 Å². The van der Waals surface area contributed by atoms with Gasteiger partial charge in [0.2, 0.25) is 5.91 Å². The smallest absolute Gasteiger partial charge is 0.243 e. The molecule has 0 radical (unpaired) electrons. The van der Waals surface area contributed by atoms with E-state index in [4.69, 9.17) is 5.21 Å². The van der Waals surface area contributed by atoms with E-state index in [-0.39, 0.29) is 11.3 Å². The maximum Gasteiger partial charge on any atom is 0.243 e. The third-order valence-corrected chi connectivity index (χ3v) is 1.23. The van der Waals surface area contributed by atoms with Gasteiger partial charge in [0.25, 0.3) is 0 Å². The Kier molecular flexibility index (Phi) is 3.36. The lowest BCUT2D eigenvalue weighted by atomic mass is 9.90. The second-order valence-electron chi connectivity index (χ2n) is 3.60. The zero-order chi connectivity index (χ0) is 8.20. The van der Waals surface area contributed by atoms with Crippen molar-refractivity contribution in [2.24, 2.45) is 5.41 Å². The number of carbonyl (C=O) groups excluding carboxylic acids is 1. The van der Waals surface area contributed by atoms with Crippen molar-refractivity contribution in [3.05, 3.63) is 0 Å². The Balaban J connectivity index is 3.46. The largest absolute Gasteiger partial charge is 0.289 e. The minimum Gasteiger partial charge on any atom is -0.289 e. The molecular weight excluding hydrogens is 130 g/mol. The summed E-state index contributed by atoms with van der Waals surface area (Å²) in [7, 11) is 0. The van der Waals surface area contributed by atoms with E-state index < -0.39 is 0 Å². The molecule has 0 spiro atoms. The van der Waals surface area contributed by atoms with Gasteiger partial charge in [-0.05, 0) is 11.8 Å². The van der Waals surface area contributed by atoms with Gasteiger partial charge in [-0.1, -0.05) is 20.8 Å². The van der Waals surface area contributed by atoms with Gasteiger partial charge in [-0.2, -0.15) is 0 Å². The number of hydroxylamine groups is 1. The lowest BCUT2D eigenvalue weighted by Gasteiger charge is -2.16. The molecule has 0 saturated carbocycles. The quantitative estimate of drug-likeness (QED) is 0.454. The van der Waals surface area contributed by atoms with Gasteiger partial charge in [0, 0.05) is 6.42 Å². The number of carbonyl (C=O) groups is 1. The summed E-state index contributed by atoms with van der Waals surface area (Å²) in [5.74, 6) is -0.310. The van der Waals surface area contributed by atoms with Crippen molar-refractivity contribution in [3.8, 4) is 0 Å². The van der Waals surface area contributed by atoms with Crippen molar-refractivity contribution < 1.29 is 10.0 Å². The number of hydrogen-bond donors (Lipinski definition) is 2. The van der Waals surface area contributed by atoms with Crippen LogP contribution in [-0.4, -0.2) is 11.1 Å². The molecule has 0 atom stereocenters. The average molecular weight is 145 g/mol. The molecule has 0 aromatic carbocycles. The molecule has 0 bridgehead atoms. The number of amides is 1. The van der Waals surface area contributed by atoms with Crippen LogP contribution in [0.15, 0.2) is 0 Å². The molecule has 0 unspecified atom stereocenters. The Hall–Kier alpha value is -0.570. The third-order valence-electron chi connectivity index (χ3n) is 1.23. The fourth-order valence-electron chi connectivity index (χ4n) is 0.544. The van der Waals surface area contributed by atoms with Crippen molar-refractivity contribution in [1.82, 2.24) is 5.48 Å². The standard InChI is InChI=1S/C7H15NO2/c1-7(2,3)5-4-6(9)8-10/h10H,4-5H2,1-3H3,(H,8,9). The Bertz CT molecular complexity index is 115. The monoisotopic (exact) mass is 145 g/mol. The fraction of sp³-hybridized carbons (Fsp3) is 0.857. The van der Waals surface area contributed by atoms with Crippen LogP contribution in [0.2, 0.25) is 0 Å². The van der Waals surface area contributed by atoms with Crippen LogP contribution in [-0.2, 0) is 4.79 Å². The molecule has 3 nitrogen and oxygen atoms in total. The van der Waals surface area contributed by atoms with E-state index in [0.29, 0.717) is 6.42 Å². The first kappa shape index (κ1) is 9.43. The Morgan fingerprint density at radius 1 is 1.50 bits per heavy atom. The molecule has 2 N–H and O–H groups in total. The number of nitrogens with one attached hydrogen (secondary N) is 1. The zero-order valence-electron chi connectivity index (χ0n) is 6.77. The molecule has 0 aliphatic heterocycles. The Labute approximate surface area is 61.4 Å². The number of hydrogen-bond acceptors (Lipinski definition) is 2. The molecular formula is C7H15NO2. The molecule has 0 saturated heterocycles. The predicted molar refractivity (Wildman–Crippen MR) is 38.6 cm³/mol. The van der Waals surface area contributed by atoms with E-state index in [2.05, 4.69) is 20.8 Å². The first-order valence-corrected chi connectivity index (χ1v) is 3.38. The minimum atomic E-state index is -0.310. The van der Waals surface area contributed by atoms with Crippen molar-refractivity contribution in [2.45, 2.75) is 33.6 Å². The van der Waals surface area contributed by atoms with Crippen LogP contribution in [0.4, 0.5) is 0 Å². The van der Waals surface area contributed by atoms with E-state index >= 15 is 0 Å². The fourth-order valence-corrected chi connectivity index (χ4v) is 0.544. The lowest BCUT2D eigenvalue weighted by molar-refractivity contribution is -0.129. The molecule has 0 aromatic heterocycles. The van der Waals surface area contributed by atoms with Crippen LogP contribution in [0.5, 0.6) is 0 Å². The van der Waals surface area contributed by atoms with Gasteiger partial charge in [-0.3, -0.25) is 10.0 Å². The molecule has 0 rings (SSSR count). The molecule has 0 aliphatic carbocycles. The van der Waals surface area contributed by atoms with Crippen molar-refractivity contribution in [2.75, 3.05) is 0 Å². The van der Waals surface area contributed by atoms with Crippen LogP contribution < -0.4 is 5.48 Å². The van der Waals surface area contributed by atoms with Gasteiger partial charge in [0.15, 0.2) is 0 Å². The van der Waals surface area contributed by atoms with Gasteiger partial charge >= 0.3 is 0 Å². The summed E-state index contributed by atoms with van der Waals surface area (Å²) < 4.78 is 0. The van der Waals surface area contributed by atoms with Crippen LogP contribution in [0.1, 0.15) is 33.6 Å². The molecule has 0 aromatic rings. The van der Waals surface area contributed by atoms with Crippen LogP contribution in [0, 0.1) is 5.41 Å². The molecule has 1 amide bonds. The van der Waals surface area contributed by atoms with Gasteiger partial charge in [0.05, 0.1) is 0 Å². The highest BCUT2D eigenvalue weighted by Crippen LogP contribution is 2.19. The van der Waals surface area contributed by atoms with Crippen LogP contribution >= 0.6 is 0 Å². The number of rotatable bonds is 2. The highest BCUT2D eigenvalue weighted by Gasteiger charge is 2.11. The minimum absolute atomic E-state index is 0.159. The van der Waals surface area contributed by atoms with Crippen LogP contribution in [0.3, 0.4) is 0 Å². The van der Waals surface area contributed by atoms with E-state index in [9.17, 15) is 4.79 Å². The lowest BCUT2D eigenvalue weighted by Crippen LogP contribution is -2.20. The van der Waals surface area contributed by atoms with Crippen molar-refractivity contribution >= 4 is 5.91 Å². The molecule has 0 heterocycles. The van der Waals surface area contributed by atoms with Crippen molar-refractivity contribution in [1.29, 1.82) is 0 Å². The maximum absolute atomic E-state index is 10.5. The molecule has 0 aliphatic rings. The molecule has 0 fully saturated rings. The molecule has 60 valence electrons. The predicted octanol–water partition coefficient (Wildman–Crippen LogP) is 1.32. The summed E-state index contributed by atoms with van der Waals surface area (Å²) >= 11 is 0. The van der Waals surface area contributed by atoms with Crippen molar-refractivity contribution in [3.63, 3.8) is 0 Å². The maximum atomic E-state index is 10.5. The normalized spacial score (nSPS) is 11.2. The SMILES string of the molecule is CC(C)(C)CCC(=O)NO. The van der Waals surface area contributed by atoms with E-state index in [0.717, 1.165) is 6.42 Å². The summed E-state index contributed by atoms with van der Waals surface area (Å²) in [4.78, 5) is 10.5. The third kappa shape index (κ3) is 5.56. The highest BCUT2D eigenvalue weighted by molar-refractivity contribution is 5.74. The summed E-state index contributed by atoms with van der Waals surface area (Å²) in [6, 6.07) is 0. The first-order chi connectivity index (χ1) is 4.45. The Morgan fingerprint density at radius 3 is 2.30 bits per heavy atom. The second kappa shape index (κ2) is 3.56. The summed E-state index contributed by atoms with van der Waals surface area (Å²) in [5.41, 5.74) is 1.76. The summed E-state index contributed by atoms with van der Waals surface area (Å²) in [6.07, 6.45) is 1.18. The van der Waals surface area contributed by atoms with Gasteiger partial charge < -0.3 is 0 Å². The summed E-state index contributed by atoms with van der Waals surface area (Å²) in [5, 5.41) is 8.13. The van der Waals surface area contributed by atoms with E-state index in [1.54, 1.807) is 5.48 Å². The molecule has 10 heavy (non-hydrogen) atoms.